The van der Waals surface area contributed by atoms with Crippen LogP contribution in [0.15, 0.2) is 18.2 Å². The van der Waals surface area contributed by atoms with Gasteiger partial charge in [0.1, 0.15) is 0 Å². The molecule has 0 heterocycles. The van der Waals surface area contributed by atoms with Gasteiger partial charge in [-0.1, -0.05) is 57.9 Å². The molecular formula is C20H32F2O3. The molecule has 0 aromatic heterocycles. The highest BCUT2D eigenvalue weighted by Crippen LogP contribution is 2.18. The summed E-state index contributed by atoms with van der Waals surface area (Å²) in [5.41, 5.74) is 0.706. The molecule has 0 aliphatic heterocycles. The van der Waals surface area contributed by atoms with Gasteiger partial charge in [-0.3, -0.25) is 0 Å². The van der Waals surface area contributed by atoms with Crippen LogP contribution in [0.4, 0.5) is 8.78 Å². The van der Waals surface area contributed by atoms with Gasteiger partial charge in [0.15, 0.2) is 11.6 Å². The van der Waals surface area contributed by atoms with Gasteiger partial charge in [0.2, 0.25) is 0 Å². The maximum absolute atomic E-state index is 13.4. The van der Waals surface area contributed by atoms with E-state index in [1.54, 1.807) is 6.07 Å². The van der Waals surface area contributed by atoms with Crippen LogP contribution < -0.4 is 0 Å². The van der Waals surface area contributed by atoms with Gasteiger partial charge in [0.05, 0.1) is 6.10 Å². The molecule has 0 bridgehead atoms. The van der Waals surface area contributed by atoms with Crippen LogP contribution >= 0.6 is 0 Å². The monoisotopic (exact) mass is 358 g/mol. The van der Waals surface area contributed by atoms with Crippen molar-refractivity contribution in [2.24, 2.45) is 0 Å². The zero-order valence-corrected chi connectivity index (χ0v) is 15.7. The number of methoxy groups -OCH3 is 2. The number of unbranched alkanes of at least 4 members (excludes halogenated alkanes) is 6. The second kappa shape index (κ2) is 13.2. The van der Waals surface area contributed by atoms with Crippen LogP contribution in [0.2, 0.25) is 0 Å². The predicted molar refractivity (Wildman–Crippen MR) is 95.4 cm³/mol. The lowest BCUT2D eigenvalue weighted by atomic mass is 10.0. The number of benzene rings is 1. The molecule has 0 aliphatic carbocycles. The molecule has 25 heavy (non-hydrogen) atoms. The summed E-state index contributed by atoms with van der Waals surface area (Å²) in [6.45, 7) is 1.46. The quantitative estimate of drug-likeness (QED) is 0.320. The van der Waals surface area contributed by atoms with E-state index in [1.807, 2.05) is 0 Å². The van der Waals surface area contributed by atoms with Crippen molar-refractivity contribution < 1.29 is 23.0 Å². The smallest absolute Gasteiger partial charge is 0.271 e. The third-order valence-corrected chi connectivity index (χ3v) is 4.27. The molecule has 0 radical (unpaired) electrons. The average molecular weight is 358 g/mol. The van der Waals surface area contributed by atoms with Gasteiger partial charge in [0.25, 0.3) is 6.48 Å². The number of halogens is 2. The summed E-state index contributed by atoms with van der Waals surface area (Å²) in [5, 5.41) is 0. The van der Waals surface area contributed by atoms with Crippen molar-refractivity contribution in [3.05, 3.63) is 35.4 Å². The first-order valence-corrected chi connectivity index (χ1v) is 9.25. The highest BCUT2D eigenvalue weighted by molar-refractivity contribution is 5.18. The van der Waals surface area contributed by atoms with Gasteiger partial charge in [-0.2, -0.15) is 0 Å². The molecule has 0 amide bonds. The van der Waals surface area contributed by atoms with Crippen molar-refractivity contribution in [1.29, 1.82) is 0 Å². The minimum atomic E-state index is -0.833. The van der Waals surface area contributed by atoms with Crippen LogP contribution in [0.3, 0.4) is 0 Å². The Labute approximate surface area is 150 Å². The van der Waals surface area contributed by atoms with Crippen molar-refractivity contribution >= 4 is 0 Å². The third-order valence-electron chi connectivity index (χ3n) is 4.27. The molecule has 0 aliphatic rings. The van der Waals surface area contributed by atoms with Gasteiger partial charge >= 0.3 is 0 Å². The van der Waals surface area contributed by atoms with E-state index in [4.69, 9.17) is 14.2 Å². The summed E-state index contributed by atoms with van der Waals surface area (Å²) < 4.78 is 42.5. The Kier molecular flexibility index (Phi) is 11.6. The summed E-state index contributed by atoms with van der Waals surface area (Å²) in [7, 11) is 3.02. The lowest BCUT2D eigenvalue weighted by Crippen LogP contribution is -2.27. The Morgan fingerprint density at radius 3 is 2.12 bits per heavy atom. The van der Waals surface area contributed by atoms with E-state index >= 15 is 0 Å². The van der Waals surface area contributed by atoms with Crippen molar-refractivity contribution in [3.8, 4) is 0 Å². The van der Waals surface area contributed by atoms with E-state index in [1.165, 1.54) is 52.4 Å². The summed E-state index contributed by atoms with van der Waals surface area (Å²) >= 11 is 0. The Morgan fingerprint density at radius 1 is 0.880 bits per heavy atom. The van der Waals surface area contributed by atoms with E-state index in [2.05, 4.69) is 6.92 Å². The molecule has 0 fully saturated rings. The second-order valence-electron chi connectivity index (χ2n) is 6.38. The van der Waals surface area contributed by atoms with Gasteiger partial charge < -0.3 is 14.2 Å². The molecule has 1 unspecified atom stereocenters. The number of rotatable bonds is 14. The van der Waals surface area contributed by atoms with Crippen LogP contribution in [-0.2, 0) is 20.6 Å². The van der Waals surface area contributed by atoms with Crippen LogP contribution in [0.1, 0.15) is 63.9 Å². The fourth-order valence-electron chi connectivity index (χ4n) is 2.84. The number of hydrogen-bond donors (Lipinski definition) is 0. The average Bonchev–Trinajstić information content (AvgIpc) is 2.61. The summed E-state index contributed by atoms with van der Waals surface area (Å²) in [6, 6.07) is 3.97. The zero-order valence-electron chi connectivity index (χ0n) is 15.7. The van der Waals surface area contributed by atoms with Crippen molar-refractivity contribution in [2.45, 2.75) is 77.3 Å². The standard InChI is InChI=1S/C20H32F2O3/c1-4-5-6-7-8-9-10-11-17(25-20(23-2)24-3)14-16-12-13-18(21)19(22)15-16/h12-13,15,17,20H,4-11,14H2,1-3H3. The largest absolute Gasteiger partial charge is 0.333 e. The zero-order chi connectivity index (χ0) is 18.5. The molecule has 0 saturated heterocycles. The van der Waals surface area contributed by atoms with Gasteiger partial charge in [0, 0.05) is 14.2 Å². The van der Waals surface area contributed by atoms with Crippen molar-refractivity contribution in [2.75, 3.05) is 14.2 Å². The first-order chi connectivity index (χ1) is 12.1. The van der Waals surface area contributed by atoms with Crippen LogP contribution in [0.5, 0.6) is 0 Å². The molecule has 1 aromatic carbocycles. The van der Waals surface area contributed by atoms with Crippen LogP contribution in [0.25, 0.3) is 0 Å². The third kappa shape index (κ3) is 9.28. The normalized spacial score (nSPS) is 12.7. The van der Waals surface area contributed by atoms with Gasteiger partial charge in [-0.15, -0.1) is 0 Å². The highest BCUT2D eigenvalue weighted by Gasteiger charge is 2.17. The molecule has 3 nitrogen and oxygen atoms in total. The SMILES string of the molecule is CCCCCCCCCC(Cc1ccc(F)c(F)c1)OC(OC)OC. The first kappa shape index (κ1) is 22.0. The van der Waals surface area contributed by atoms with E-state index < -0.39 is 18.1 Å². The fraction of sp³-hybridized carbons (Fsp3) is 0.700. The summed E-state index contributed by atoms with van der Waals surface area (Å²) in [5.74, 6) is -1.66. The van der Waals surface area contributed by atoms with Crippen molar-refractivity contribution in [3.63, 3.8) is 0 Å². The first-order valence-electron chi connectivity index (χ1n) is 9.25. The Morgan fingerprint density at radius 2 is 1.52 bits per heavy atom. The maximum atomic E-state index is 13.4. The highest BCUT2D eigenvalue weighted by atomic mass is 19.2. The van der Waals surface area contributed by atoms with Gasteiger partial charge in [-0.25, -0.2) is 8.78 Å². The maximum Gasteiger partial charge on any atom is 0.271 e. The molecule has 0 saturated carbocycles. The van der Waals surface area contributed by atoms with E-state index in [0.29, 0.717) is 12.0 Å². The Hall–Kier alpha value is -1.04. The van der Waals surface area contributed by atoms with Crippen molar-refractivity contribution in [1.82, 2.24) is 0 Å². The molecule has 1 aromatic rings. The minimum absolute atomic E-state index is 0.162. The molecule has 5 heteroatoms. The molecule has 0 spiro atoms. The van der Waals surface area contributed by atoms with Gasteiger partial charge in [-0.05, 0) is 30.5 Å². The molecule has 1 atom stereocenters. The molecule has 0 N–H and O–H groups in total. The van der Waals surface area contributed by atoms with Crippen LogP contribution in [-0.4, -0.2) is 26.8 Å². The number of hydrogen-bond acceptors (Lipinski definition) is 3. The topological polar surface area (TPSA) is 27.7 Å². The van der Waals surface area contributed by atoms with E-state index in [9.17, 15) is 8.78 Å². The lowest BCUT2D eigenvalue weighted by Gasteiger charge is -2.23. The fourth-order valence-corrected chi connectivity index (χ4v) is 2.84. The molecular weight excluding hydrogens is 326 g/mol. The Balaban J connectivity index is 2.49. The second-order valence-corrected chi connectivity index (χ2v) is 6.38. The molecule has 1 rings (SSSR count). The lowest BCUT2D eigenvalue weighted by molar-refractivity contribution is -0.284. The van der Waals surface area contributed by atoms with Crippen LogP contribution in [0, 0.1) is 11.6 Å². The van der Waals surface area contributed by atoms with E-state index in [0.717, 1.165) is 25.3 Å². The van der Waals surface area contributed by atoms with E-state index in [-0.39, 0.29) is 6.10 Å². The minimum Gasteiger partial charge on any atom is -0.333 e. The predicted octanol–water partition coefficient (Wildman–Crippen LogP) is 5.61. The Bertz CT molecular complexity index is 464. The summed E-state index contributed by atoms with van der Waals surface area (Å²) in [4.78, 5) is 0. The molecule has 144 valence electrons. The summed E-state index contributed by atoms with van der Waals surface area (Å²) in [6.07, 6.45) is 9.66. The number of ether oxygens (including phenoxy) is 3.